The molecule has 0 unspecified atom stereocenters. The number of carbonyl (C=O) groups is 1. The van der Waals surface area contributed by atoms with Gasteiger partial charge in [-0.3, -0.25) is 4.79 Å². The summed E-state index contributed by atoms with van der Waals surface area (Å²) in [7, 11) is 0. The van der Waals surface area contributed by atoms with Crippen molar-refractivity contribution in [3.05, 3.63) is 89.1 Å². The molecule has 1 amide bonds. The molecule has 1 aliphatic rings. The monoisotopic (exact) mass is 486 g/mol. The molecule has 0 atom stereocenters. The number of rotatable bonds is 6. The smallest absolute Gasteiger partial charge is 0.266 e. The first-order valence-electron chi connectivity index (χ1n) is 11.5. The van der Waals surface area contributed by atoms with Crippen LogP contribution >= 0.6 is 0 Å². The van der Waals surface area contributed by atoms with E-state index >= 15 is 0 Å². The Morgan fingerprint density at radius 2 is 1.81 bits per heavy atom. The Labute approximate surface area is 207 Å². The minimum Gasteiger partial charge on any atom is -0.485 e. The van der Waals surface area contributed by atoms with Crippen molar-refractivity contribution in [2.75, 3.05) is 31.1 Å². The van der Waals surface area contributed by atoms with Crippen LogP contribution in [0.2, 0.25) is 0 Å². The van der Waals surface area contributed by atoms with E-state index in [1.165, 1.54) is 12.1 Å². The van der Waals surface area contributed by atoms with Gasteiger partial charge in [0, 0.05) is 26.2 Å². The second kappa shape index (κ2) is 9.96. The highest BCUT2D eigenvalue weighted by Crippen LogP contribution is 2.30. The van der Waals surface area contributed by atoms with Gasteiger partial charge in [-0.15, -0.1) is 0 Å². The lowest BCUT2D eigenvalue weighted by atomic mass is 10.1. The molecule has 2 aromatic heterocycles. The summed E-state index contributed by atoms with van der Waals surface area (Å²) in [5, 5.41) is 9.61. The molecule has 36 heavy (non-hydrogen) atoms. The van der Waals surface area contributed by atoms with Crippen LogP contribution in [0.3, 0.4) is 0 Å². The third-order valence-corrected chi connectivity index (χ3v) is 6.01. The number of halogens is 1. The highest BCUT2D eigenvalue weighted by atomic mass is 19.1. The fourth-order valence-corrected chi connectivity index (χ4v) is 4.06. The van der Waals surface area contributed by atoms with Crippen molar-refractivity contribution in [3.63, 3.8) is 0 Å². The Kier molecular flexibility index (Phi) is 6.41. The van der Waals surface area contributed by atoms with Gasteiger partial charge < -0.3 is 23.4 Å². The van der Waals surface area contributed by atoms with Gasteiger partial charge in [0.25, 0.3) is 11.8 Å². The van der Waals surface area contributed by atoms with Gasteiger partial charge >= 0.3 is 0 Å². The van der Waals surface area contributed by atoms with Crippen LogP contribution < -0.4 is 9.64 Å². The number of para-hydroxylation sites is 1. The molecule has 3 heterocycles. The van der Waals surface area contributed by atoms with Gasteiger partial charge in [-0.2, -0.15) is 10.2 Å². The number of anilines is 1. The average molecular weight is 487 g/mol. The number of ether oxygens (including phenoxy) is 1. The summed E-state index contributed by atoms with van der Waals surface area (Å²) in [5.74, 6) is 1.35. The molecule has 8 nitrogen and oxygen atoms in total. The van der Waals surface area contributed by atoms with Crippen molar-refractivity contribution in [2.45, 2.75) is 13.5 Å². The molecule has 0 N–H and O–H groups in total. The van der Waals surface area contributed by atoms with Crippen LogP contribution in [0.25, 0.3) is 11.7 Å². The predicted octanol–water partition coefficient (Wildman–Crippen LogP) is 4.80. The lowest BCUT2D eigenvalue weighted by Crippen LogP contribution is -2.49. The molecule has 1 fully saturated rings. The molecular weight excluding hydrogens is 463 g/mol. The number of hydrogen-bond donors (Lipinski definition) is 0. The van der Waals surface area contributed by atoms with E-state index in [2.05, 4.69) is 11.1 Å². The molecule has 0 spiro atoms. The van der Waals surface area contributed by atoms with Crippen molar-refractivity contribution in [1.82, 2.24) is 9.88 Å². The quantitative estimate of drug-likeness (QED) is 0.386. The zero-order valence-corrected chi connectivity index (χ0v) is 19.6. The second-order valence-electron chi connectivity index (χ2n) is 8.36. The van der Waals surface area contributed by atoms with Gasteiger partial charge in [-0.1, -0.05) is 30.3 Å². The number of oxazole rings is 1. The van der Waals surface area contributed by atoms with E-state index in [-0.39, 0.29) is 29.7 Å². The first-order valence-corrected chi connectivity index (χ1v) is 11.5. The van der Waals surface area contributed by atoms with Gasteiger partial charge in [0.15, 0.2) is 5.76 Å². The minimum atomic E-state index is -0.543. The van der Waals surface area contributed by atoms with E-state index in [1.807, 2.05) is 36.1 Å². The highest BCUT2D eigenvalue weighted by molar-refractivity contribution is 5.94. The third-order valence-electron chi connectivity index (χ3n) is 6.01. The van der Waals surface area contributed by atoms with Crippen LogP contribution in [0.1, 0.15) is 27.4 Å². The van der Waals surface area contributed by atoms with Crippen molar-refractivity contribution in [2.24, 2.45) is 0 Å². The third kappa shape index (κ3) is 4.66. The summed E-state index contributed by atoms with van der Waals surface area (Å²) >= 11 is 0. The Bertz CT molecular complexity index is 1430. The van der Waals surface area contributed by atoms with E-state index in [0.717, 1.165) is 11.3 Å². The van der Waals surface area contributed by atoms with Crippen molar-refractivity contribution < 1.29 is 22.8 Å². The first-order chi connectivity index (χ1) is 17.5. The minimum absolute atomic E-state index is 0.0469. The summed E-state index contributed by atoms with van der Waals surface area (Å²) in [4.78, 5) is 20.4. The van der Waals surface area contributed by atoms with Crippen molar-refractivity contribution in [3.8, 4) is 23.5 Å². The largest absolute Gasteiger partial charge is 0.485 e. The number of nitrogens with zero attached hydrogens (tertiary/aromatic N) is 4. The van der Waals surface area contributed by atoms with E-state index in [4.69, 9.17) is 13.6 Å². The van der Waals surface area contributed by atoms with Gasteiger partial charge in [0.2, 0.25) is 11.6 Å². The summed E-state index contributed by atoms with van der Waals surface area (Å²) in [5.41, 5.74) is 1.20. The fourth-order valence-electron chi connectivity index (χ4n) is 4.06. The number of hydrogen-bond acceptors (Lipinski definition) is 7. The maximum Gasteiger partial charge on any atom is 0.266 e. The molecular formula is C27H23FN4O4. The van der Waals surface area contributed by atoms with E-state index in [0.29, 0.717) is 43.6 Å². The summed E-state index contributed by atoms with van der Waals surface area (Å²) in [6.45, 7) is 3.75. The van der Waals surface area contributed by atoms with Crippen LogP contribution in [0, 0.1) is 24.1 Å². The fraction of sp³-hybridized carbons (Fsp3) is 0.222. The zero-order chi connectivity index (χ0) is 25.1. The molecule has 0 bridgehead atoms. The zero-order valence-electron chi connectivity index (χ0n) is 19.6. The Morgan fingerprint density at radius 1 is 1.06 bits per heavy atom. The molecule has 0 radical (unpaired) electrons. The number of aromatic nitrogens is 1. The molecule has 4 aromatic rings. The number of amides is 1. The van der Waals surface area contributed by atoms with Gasteiger partial charge in [0.05, 0.1) is 5.56 Å². The van der Waals surface area contributed by atoms with E-state index < -0.39 is 5.82 Å². The number of nitriles is 1. The van der Waals surface area contributed by atoms with Crippen molar-refractivity contribution >= 4 is 11.8 Å². The SMILES string of the molecule is Cc1ccccc1OCc1ccc(-c2nc(C#N)c(N3CCN(C(=O)c4ccccc4F)CC3)o2)o1. The van der Waals surface area contributed by atoms with Crippen LogP contribution in [0.4, 0.5) is 10.3 Å². The van der Waals surface area contributed by atoms with Gasteiger partial charge in [-0.05, 0) is 42.8 Å². The number of benzene rings is 2. The molecule has 0 saturated carbocycles. The number of aryl methyl sites for hydroxylation is 1. The number of furan rings is 1. The van der Waals surface area contributed by atoms with Crippen LogP contribution in [0.5, 0.6) is 5.75 Å². The predicted molar refractivity (Wildman–Crippen MR) is 129 cm³/mol. The van der Waals surface area contributed by atoms with Crippen LogP contribution in [-0.4, -0.2) is 42.0 Å². The van der Waals surface area contributed by atoms with Gasteiger partial charge in [-0.25, -0.2) is 4.39 Å². The molecule has 182 valence electrons. The highest BCUT2D eigenvalue weighted by Gasteiger charge is 2.28. The van der Waals surface area contributed by atoms with E-state index in [1.54, 1.807) is 29.2 Å². The van der Waals surface area contributed by atoms with Crippen LogP contribution in [-0.2, 0) is 6.61 Å². The second-order valence-corrected chi connectivity index (χ2v) is 8.36. The summed E-state index contributed by atoms with van der Waals surface area (Å²) < 4.78 is 31.6. The Hall–Kier alpha value is -4.58. The molecule has 0 aliphatic carbocycles. The maximum absolute atomic E-state index is 14.0. The van der Waals surface area contributed by atoms with Crippen molar-refractivity contribution in [1.29, 1.82) is 5.26 Å². The topological polar surface area (TPSA) is 95.7 Å². The summed E-state index contributed by atoms with van der Waals surface area (Å²) in [6.07, 6.45) is 0. The lowest BCUT2D eigenvalue weighted by molar-refractivity contribution is 0.0740. The molecule has 2 aromatic carbocycles. The molecule has 9 heteroatoms. The normalized spacial score (nSPS) is 13.5. The Morgan fingerprint density at radius 3 is 2.56 bits per heavy atom. The Balaban J connectivity index is 1.26. The molecule has 1 aliphatic heterocycles. The lowest BCUT2D eigenvalue weighted by Gasteiger charge is -2.34. The number of piperazine rings is 1. The molecule has 1 saturated heterocycles. The van der Waals surface area contributed by atoms with E-state index in [9.17, 15) is 14.4 Å². The standard InChI is InChI=1S/C27H23FN4O4/c1-18-6-2-5-9-23(18)34-17-19-10-11-24(35-19)25-30-22(16-29)27(36-25)32-14-12-31(13-15-32)26(33)20-7-3-4-8-21(20)28/h2-11H,12-15,17H2,1H3. The molecule has 5 rings (SSSR count). The maximum atomic E-state index is 14.0. The first kappa shape index (κ1) is 23.2. The average Bonchev–Trinajstić information content (AvgIpc) is 3.55. The van der Waals surface area contributed by atoms with Gasteiger partial charge in [0.1, 0.15) is 30.0 Å². The summed E-state index contributed by atoms with van der Waals surface area (Å²) in [6, 6.07) is 19.2. The van der Waals surface area contributed by atoms with Crippen LogP contribution in [0.15, 0.2) is 69.5 Å². The number of carbonyl (C=O) groups excluding carboxylic acids is 1.